The van der Waals surface area contributed by atoms with Gasteiger partial charge in [0.25, 0.3) is 0 Å². The number of hydrogen-bond acceptors (Lipinski definition) is 6. The van der Waals surface area contributed by atoms with Crippen molar-refractivity contribution in [1.82, 2.24) is 0 Å². The molecule has 0 saturated carbocycles. The van der Waals surface area contributed by atoms with E-state index >= 15 is 0 Å². The Bertz CT molecular complexity index is 861. The molecule has 0 heterocycles. The van der Waals surface area contributed by atoms with E-state index in [9.17, 15) is 18.0 Å². The Labute approximate surface area is 144 Å². The molecule has 0 unspecified atom stereocenters. The van der Waals surface area contributed by atoms with Crippen LogP contribution < -0.4 is 15.6 Å². The van der Waals surface area contributed by atoms with Crippen LogP contribution in [0, 0.1) is 0 Å². The molecule has 8 nitrogen and oxygen atoms in total. The number of carbonyl (C=O) groups excluding carboxylic acids is 2. The number of sulfonamides is 1. The van der Waals surface area contributed by atoms with Gasteiger partial charge in [0.2, 0.25) is 15.9 Å². The summed E-state index contributed by atoms with van der Waals surface area (Å²) in [5.74, 6) is -0.736. The summed E-state index contributed by atoms with van der Waals surface area (Å²) in [4.78, 5) is 22.7. The molecule has 2 aromatic rings. The zero-order chi connectivity index (χ0) is 18.4. The van der Waals surface area contributed by atoms with Gasteiger partial charge >= 0.3 is 5.97 Å². The van der Waals surface area contributed by atoms with Gasteiger partial charge in [0.15, 0.2) is 0 Å². The number of benzene rings is 2. The van der Waals surface area contributed by atoms with Crippen molar-refractivity contribution in [1.29, 1.82) is 0 Å². The van der Waals surface area contributed by atoms with Crippen LogP contribution in [0.25, 0.3) is 0 Å². The molecule has 0 aliphatic rings. The van der Waals surface area contributed by atoms with Crippen LogP contribution in [0.3, 0.4) is 0 Å². The van der Waals surface area contributed by atoms with Crippen molar-refractivity contribution < 1.29 is 27.5 Å². The van der Waals surface area contributed by atoms with Crippen molar-refractivity contribution in [3.05, 3.63) is 59.7 Å². The summed E-state index contributed by atoms with van der Waals surface area (Å²) >= 11 is 0. The minimum absolute atomic E-state index is 0.00660. The Morgan fingerprint density at radius 2 is 1.44 bits per heavy atom. The molecule has 2 rings (SSSR count). The van der Waals surface area contributed by atoms with Gasteiger partial charge in [-0.15, -0.1) is 0 Å². The lowest BCUT2D eigenvalue weighted by Gasteiger charge is -2.08. The summed E-state index contributed by atoms with van der Waals surface area (Å²) < 4.78 is 32.6. The zero-order valence-electron chi connectivity index (χ0n) is 13.0. The van der Waals surface area contributed by atoms with E-state index in [1.54, 1.807) is 0 Å². The first kappa shape index (κ1) is 18.4. The van der Waals surface area contributed by atoms with Gasteiger partial charge in [-0.2, -0.15) is 0 Å². The average Bonchev–Trinajstić information content (AvgIpc) is 2.58. The van der Waals surface area contributed by atoms with Gasteiger partial charge in [0.1, 0.15) is 19.0 Å². The Balaban J connectivity index is 1.80. The van der Waals surface area contributed by atoms with E-state index < -0.39 is 21.9 Å². The van der Waals surface area contributed by atoms with Gasteiger partial charge in [-0.05, 0) is 48.5 Å². The molecule has 0 bridgehead atoms. The highest BCUT2D eigenvalue weighted by Gasteiger charge is 2.09. The lowest BCUT2D eigenvalue weighted by atomic mass is 10.1. The number of nitrogens with two attached hydrogens (primary N) is 2. The summed E-state index contributed by atoms with van der Waals surface area (Å²) in [6, 6.07) is 11.3. The Kier molecular flexibility index (Phi) is 5.73. The second-order valence-electron chi connectivity index (χ2n) is 4.94. The number of amides is 1. The van der Waals surface area contributed by atoms with E-state index in [1.807, 2.05) is 0 Å². The van der Waals surface area contributed by atoms with Gasteiger partial charge in [-0.25, -0.2) is 18.4 Å². The molecule has 4 N–H and O–H groups in total. The lowest BCUT2D eigenvalue weighted by molar-refractivity contribution is 0.0450. The molecule has 9 heteroatoms. The quantitative estimate of drug-likeness (QED) is 0.547. The van der Waals surface area contributed by atoms with Crippen LogP contribution in [0.4, 0.5) is 0 Å². The summed E-state index contributed by atoms with van der Waals surface area (Å²) in [7, 11) is -3.75. The van der Waals surface area contributed by atoms with E-state index in [-0.39, 0.29) is 23.7 Å². The zero-order valence-corrected chi connectivity index (χ0v) is 13.9. The van der Waals surface area contributed by atoms with E-state index in [0.29, 0.717) is 11.3 Å². The molecular formula is C16H16N2O6S. The SMILES string of the molecule is NC(=O)c1ccc(C(=O)OCCOc2ccc(S(N)(=O)=O)cc2)cc1. The first-order chi connectivity index (χ1) is 11.8. The van der Waals surface area contributed by atoms with E-state index in [2.05, 4.69) is 0 Å². The molecule has 1 amide bonds. The lowest BCUT2D eigenvalue weighted by Crippen LogP contribution is -2.14. The number of ether oxygens (including phenoxy) is 2. The van der Waals surface area contributed by atoms with Crippen LogP contribution >= 0.6 is 0 Å². The first-order valence-corrected chi connectivity index (χ1v) is 8.64. The summed E-state index contributed by atoms with van der Waals surface area (Å²) in [6.45, 7) is 0.0766. The van der Waals surface area contributed by atoms with Crippen molar-refractivity contribution in [2.45, 2.75) is 4.90 Å². The number of primary amides is 1. The van der Waals surface area contributed by atoms with Gasteiger partial charge in [0.05, 0.1) is 10.5 Å². The van der Waals surface area contributed by atoms with Crippen LogP contribution in [0.2, 0.25) is 0 Å². The third kappa shape index (κ3) is 5.30. The Morgan fingerprint density at radius 1 is 0.880 bits per heavy atom. The highest BCUT2D eigenvalue weighted by Crippen LogP contribution is 2.14. The number of carbonyl (C=O) groups is 2. The molecule has 25 heavy (non-hydrogen) atoms. The fourth-order valence-corrected chi connectivity index (χ4v) is 2.39. The fraction of sp³-hybridized carbons (Fsp3) is 0.125. The van der Waals surface area contributed by atoms with Crippen LogP contribution in [0.1, 0.15) is 20.7 Å². The predicted octanol–water partition coefficient (Wildman–Crippen LogP) is 0.669. The molecule has 0 radical (unpaired) electrons. The molecule has 2 aromatic carbocycles. The van der Waals surface area contributed by atoms with Crippen molar-refractivity contribution in [2.24, 2.45) is 10.9 Å². The van der Waals surface area contributed by atoms with E-state index in [1.165, 1.54) is 48.5 Å². The van der Waals surface area contributed by atoms with Crippen molar-refractivity contribution in [3.63, 3.8) is 0 Å². The van der Waals surface area contributed by atoms with Crippen LogP contribution in [-0.4, -0.2) is 33.5 Å². The largest absolute Gasteiger partial charge is 0.490 e. The van der Waals surface area contributed by atoms with Crippen molar-refractivity contribution >= 4 is 21.9 Å². The molecular weight excluding hydrogens is 348 g/mol. The van der Waals surface area contributed by atoms with E-state index in [4.69, 9.17) is 20.3 Å². The van der Waals surface area contributed by atoms with E-state index in [0.717, 1.165) is 0 Å². The standard InChI is InChI=1S/C16H16N2O6S/c17-15(19)11-1-3-12(4-2-11)16(20)24-10-9-23-13-5-7-14(8-6-13)25(18,21)22/h1-8H,9-10H2,(H2,17,19)(H2,18,21,22). The second-order valence-corrected chi connectivity index (χ2v) is 6.50. The molecule has 0 fully saturated rings. The summed E-state index contributed by atoms with van der Waals surface area (Å²) in [6.07, 6.45) is 0. The van der Waals surface area contributed by atoms with Gasteiger partial charge in [-0.3, -0.25) is 4.79 Å². The van der Waals surface area contributed by atoms with Gasteiger partial charge < -0.3 is 15.2 Å². The average molecular weight is 364 g/mol. The van der Waals surface area contributed by atoms with Gasteiger partial charge in [0, 0.05) is 5.56 Å². The molecule has 0 aliphatic carbocycles. The Hall–Kier alpha value is -2.91. The first-order valence-electron chi connectivity index (χ1n) is 7.10. The predicted molar refractivity (Wildman–Crippen MR) is 88.6 cm³/mol. The normalized spacial score (nSPS) is 10.9. The number of rotatable bonds is 7. The minimum Gasteiger partial charge on any atom is -0.490 e. The topological polar surface area (TPSA) is 139 Å². The monoisotopic (exact) mass is 364 g/mol. The molecule has 0 spiro atoms. The maximum absolute atomic E-state index is 11.8. The van der Waals surface area contributed by atoms with Gasteiger partial charge in [-0.1, -0.05) is 0 Å². The molecule has 0 aliphatic heterocycles. The maximum atomic E-state index is 11.8. The number of primary sulfonamides is 1. The van der Waals surface area contributed by atoms with Crippen LogP contribution in [-0.2, 0) is 14.8 Å². The molecule has 132 valence electrons. The minimum atomic E-state index is -3.75. The highest BCUT2D eigenvalue weighted by atomic mass is 32.2. The molecule has 0 saturated heterocycles. The summed E-state index contributed by atoms with van der Waals surface area (Å²) in [5.41, 5.74) is 5.69. The highest BCUT2D eigenvalue weighted by molar-refractivity contribution is 7.89. The molecule has 0 aromatic heterocycles. The number of hydrogen-bond donors (Lipinski definition) is 2. The maximum Gasteiger partial charge on any atom is 0.338 e. The molecule has 0 atom stereocenters. The van der Waals surface area contributed by atoms with Crippen molar-refractivity contribution in [2.75, 3.05) is 13.2 Å². The van der Waals surface area contributed by atoms with Crippen LogP contribution in [0.15, 0.2) is 53.4 Å². The summed E-state index contributed by atoms with van der Waals surface area (Å²) in [5, 5.41) is 4.99. The van der Waals surface area contributed by atoms with Crippen molar-refractivity contribution in [3.8, 4) is 5.75 Å². The third-order valence-corrected chi connectivity index (χ3v) is 4.07. The van der Waals surface area contributed by atoms with Crippen LogP contribution in [0.5, 0.6) is 5.75 Å². The second kappa shape index (κ2) is 7.77. The number of esters is 1. The fourth-order valence-electron chi connectivity index (χ4n) is 1.87. The third-order valence-electron chi connectivity index (χ3n) is 3.14. The smallest absolute Gasteiger partial charge is 0.338 e. The Morgan fingerprint density at radius 3 is 1.96 bits per heavy atom.